The van der Waals surface area contributed by atoms with Gasteiger partial charge in [-0.3, -0.25) is 0 Å². The molecule has 1 aromatic rings. The summed E-state index contributed by atoms with van der Waals surface area (Å²) in [7, 11) is -3.04. The maximum absolute atomic E-state index is 14.2. The van der Waals surface area contributed by atoms with Crippen molar-refractivity contribution in [1.29, 1.82) is 0 Å². The molecule has 30 heavy (non-hydrogen) atoms. The minimum atomic E-state index is -3.04. The van der Waals surface area contributed by atoms with Crippen molar-refractivity contribution in [3.8, 4) is 0 Å². The number of rotatable bonds is 11. The molecule has 0 spiro atoms. The van der Waals surface area contributed by atoms with Gasteiger partial charge < -0.3 is 13.3 Å². The average molecular weight is 455 g/mol. The smallest absolute Gasteiger partial charge is 0.373 e. The first-order valence-electron chi connectivity index (χ1n) is 10.8. The fourth-order valence-electron chi connectivity index (χ4n) is 3.93. The second-order valence-electron chi connectivity index (χ2n) is 7.68. The topological polar surface area (TPSA) is 27.7 Å². The fraction of sp³-hybridized carbons (Fsp3) is 0.714. The third-order valence-electron chi connectivity index (χ3n) is 5.40. The van der Waals surface area contributed by atoms with Crippen molar-refractivity contribution in [3.05, 3.63) is 34.6 Å². The highest BCUT2D eigenvalue weighted by molar-refractivity contribution is 6.62. The largest absolute Gasteiger partial charge is 0.504 e. The van der Waals surface area contributed by atoms with Gasteiger partial charge in [-0.1, -0.05) is 20.8 Å². The second kappa shape index (κ2) is 11.5. The summed E-state index contributed by atoms with van der Waals surface area (Å²) in [5.41, 5.74) is -0.782. The molecule has 2 rings (SSSR count). The van der Waals surface area contributed by atoms with E-state index in [0.717, 1.165) is 19.3 Å². The molecule has 1 aromatic carbocycles. The van der Waals surface area contributed by atoms with Crippen molar-refractivity contribution < 1.29 is 35.2 Å². The molecule has 0 heterocycles. The van der Waals surface area contributed by atoms with Crippen LogP contribution < -0.4 is 0 Å². The lowest BCUT2D eigenvalue weighted by atomic mass is 9.83. The molecule has 1 fully saturated rings. The Balaban J connectivity index is 2.24. The van der Waals surface area contributed by atoms with Crippen LogP contribution in [0.5, 0.6) is 0 Å². The Labute approximate surface area is 176 Å². The number of benzene rings is 1. The van der Waals surface area contributed by atoms with E-state index in [0.29, 0.717) is 32.7 Å². The molecule has 1 aliphatic rings. The zero-order valence-corrected chi connectivity index (χ0v) is 18.8. The minimum Gasteiger partial charge on any atom is -0.373 e. The fourth-order valence-corrected chi connectivity index (χ4v) is 7.39. The molecule has 0 aliphatic heterocycles. The van der Waals surface area contributed by atoms with Gasteiger partial charge in [-0.2, -0.15) is 0 Å². The van der Waals surface area contributed by atoms with E-state index in [1.807, 2.05) is 20.8 Å². The van der Waals surface area contributed by atoms with Gasteiger partial charge in [-0.25, -0.2) is 22.0 Å². The van der Waals surface area contributed by atoms with Gasteiger partial charge in [0.25, 0.3) is 0 Å². The van der Waals surface area contributed by atoms with E-state index in [-0.39, 0.29) is 18.4 Å². The molecule has 3 nitrogen and oxygen atoms in total. The molecule has 1 aliphatic carbocycles. The van der Waals surface area contributed by atoms with E-state index in [1.54, 1.807) is 0 Å². The first-order valence-corrected chi connectivity index (χ1v) is 12.6. The van der Waals surface area contributed by atoms with Gasteiger partial charge in [-0.15, -0.1) is 0 Å². The lowest BCUT2D eigenvalue weighted by Crippen LogP contribution is -2.51. The van der Waals surface area contributed by atoms with Crippen LogP contribution in [0.25, 0.3) is 0 Å². The first-order chi connectivity index (χ1) is 14.3. The molecule has 0 radical (unpaired) electrons. The lowest BCUT2D eigenvalue weighted by Gasteiger charge is -2.39. The zero-order chi connectivity index (χ0) is 22.3. The van der Waals surface area contributed by atoms with Gasteiger partial charge in [0.05, 0.1) is 0 Å². The molecule has 0 bridgehead atoms. The molecule has 0 saturated heterocycles. The predicted molar refractivity (Wildman–Crippen MR) is 106 cm³/mol. The third-order valence-corrected chi connectivity index (χ3v) is 8.80. The predicted octanol–water partition coefficient (Wildman–Crippen LogP) is 6.63. The van der Waals surface area contributed by atoms with E-state index < -0.39 is 49.4 Å². The monoisotopic (exact) mass is 454 g/mol. The van der Waals surface area contributed by atoms with E-state index in [1.165, 1.54) is 0 Å². The van der Waals surface area contributed by atoms with Crippen LogP contribution in [0.3, 0.4) is 0 Å². The molecule has 0 N–H and O–H groups in total. The van der Waals surface area contributed by atoms with Gasteiger partial charge >= 0.3 is 8.80 Å². The SMILES string of the molecule is CCCO[Si](OCCC)(OCCC)C1CCC(c2c(F)c(F)c(F)c(F)c2F)CC1. The van der Waals surface area contributed by atoms with Crippen LogP contribution in [-0.2, 0) is 13.3 Å². The maximum Gasteiger partial charge on any atom is 0.504 e. The highest BCUT2D eigenvalue weighted by atomic mass is 28.4. The van der Waals surface area contributed by atoms with Crippen molar-refractivity contribution in [2.24, 2.45) is 0 Å². The average Bonchev–Trinajstić information content (AvgIpc) is 2.77. The molecule has 0 atom stereocenters. The summed E-state index contributed by atoms with van der Waals surface area (Å²) >= 11 is 0. The molecule has 172 valence electrons. The van der Waals surface area contributed by atoms with Gasteiger partial charge in [0.15, 0.2) is 23.3 Å². The van der Waals surface area contributed by atoms with Crippen molar-refractivity contribution in [1.82, 2.24) is 0 Å². The Hall–Kier alpha value is -1.03. The van der Waals surface area contributed by atoms with Crippen LogP contribution in [-0.4, -0.2) is 28.6 Å². The van der Waals surface area contributed by atoms with Crippen LogP contribution in [0.15, 0.2) is 0 Å². The molecule has 0 amide bonds. The molecule has 1 saturated carbocycles. The van der Waals surface area contributed by atoms with Gasteiger partial charge in [0.2, 0.25) is 5.82 Å². The summed E-state index contributed by atoms with van der Waals surface area (Å²) in [4.78, 5) is 0. The summed E-state index contributed by atoms with van der Waals surface area (Å²) in [5, 5.41) is 0. The van der Waals surface area contributed by atoms with E-state index in [4.69, 9.17) is 13.3 Å². The number of halogens is 5. The third kappa shape index (κ3) is 5.41. The quantitative estimate of drug-likeness (QED) is 0.163. The maximum atomic E-state index is 14.2. The van der Waals surface area contributed by atoms with Crippen LogP contribution >= 0.6 is 0 Å². The van der Waals surface area contributed by atoms with E-state index >= 15 is 0 Å². The minimum absolute atomic E-state index is 0.0698. The van der Waals surface area contributed by atoms with Crippen molar-refractivity contribution in [3.63, 3.8) is 0 Å². The Kier molecular flexibility index (Phi) is 9.71. The normalized spacial score (nSPS) is 20.0. The highest BCUT2D eigenvalue weighted by Gasteiger charge is 2.51. The Morgan fingerprint density at radius 1 is 0.633 bits per heavy atom. The zero-order valence-electron chi connectivity index (χ0n) is 17.8. The molecular formula is C21H31F5O3Si. The van der Waals surface area contributed by atoms with Crippen molar-refractivity contribution in [2.75, 3.05) is 19.8 Å². The molecule has 9 heteroatoms. The number of hydrogen-bond acceptors (Lipinski definition) is 3. The first kappa shape index (κ1) is 25.2. The summed E-state index contributed by atoms with van der Waals surface area (Å²) in [6.07, 6.45) is 3.89. The molecule has 0 aromatic heterocycles. The lowest BCUT2D eigenvalue weighted by molar-refractivity contribution is 0.0442. The summed E-state index contributed by atoms with van der Waals surface area (Å²) < 4.78 is 87.5. The van der Waals surface area contributed by atoms with Gasteiger partial charge in [0.1, 0.15) is 0 Å². The van der Waals surface area contributed by atoms with Crippen LogP contribution in [0.1, 0.15) is 77.2 Å². The highest BCUT2D eigenvalue weighted by Crippen LogP contribution is 2.46. The Bertz CT molecular complexity index is 645. The summed E-state index contributed by atoms with van der Waals surface area (Å²) in [5.74, 6) is -10.1. The van der Waals surface area contributed by atoms with Crippen molar-refractivity contribution >= 4 is 8.80 Å². The van der Waals surface area contributed by atoms with Crippen molar-refractivity contribution in [2.45, 2.75) is 77.2 Å². The Morgan fingerprint density at radius 2 is 1.00 bits per heavy atom. The standard InChI is InChI=1S/C21H31F5O3Si/c1-4-11-27-30(28-12-5-2,29-13-6-3)15-9-7-14(8-10-15)16-17(22)19(24)21(26)20(25)18(16)23/h14-15H,4-13H2,1-3H3. The van der Waals surface area contributed by atoms with E-state index in [9.17, 15) is 22.0 Å². The van der Waals surface area contributed by atoms with Crippen LogP contribution in [0.4, 0.5) is 22.0 Å². The number of hydrogen-bond donors (Lipinski definition) is 0. The van der Waals surface area contributed by atoms with Gasteiger partial charge in [0, 0.05) is 30.9 Å². The molecular weight excluding hydrogens is 423 g/mol. The molecule has 0 unspecified atom stereocenters. The van der Waals surface area contributed by atoms with Crippen LogP contribution in [0.2, 0.25) is 5.54 Å². The summed E-state index contributed by atoms with van der Waals surface area (Å²) in [6, 6.07) is 0. The van der Waals surface area contributed by atoms with E-state index in [2.05, 4.69) is 0 Å². The second-order valence-corrected chi connectivity index (χ2v) is 10.6. The van der Waals surface area contributed by atoms with Gasteiger partial charge in [-0.05, 0) is 50.9 Å². The Morgan fingerprint density at radius 3 is 1.37 bits per heavy atom. The summed E-state index contributed by atoms with van der Waals surface area (Å²) in [6.45, 7) is 7.41. The van der Waals surface area contributed by atoms with Crippen LogP contribution in [0, 0.1) is 29.1 Å².